The quantitative estimate of drug-likeness (QED) is 0.550. The second-order valence-electron chi connectivity index (χ2n) is 4.84. The fraction of sp³-hybridized carbons (Fsp3) is 0.692. The van der Waals surface area contributed by atoms with E-state index in [2.05, 4.69) is 15.6 Å². The van der Waals surface area contributed by atoms with E-state index in [4.69, 9.17) is 5.84 Å². The van der Waals surface area contributed by atoms with Crippen molar-refractivity contribution in [2.45, 2.75) is 46.1 Å². The second kappa shape index (κ2) is 7.66. The average molecular weight is 300 g/mol. The van der Waals surface area contributed by atoms with Gasteiger partial charge < -0.3 is 0 Å². The molecule has 1 unspecified atom stereocenters. The molecule has 0 amide bonds. The molecule has 0 fully saturated rings. The van der Waals surface area contributed by atoms with Crippen molar-refractivity contribution >= 4 is 9.84 Å². The molecule has 114 valence electrons. The molecular weight excluding hydrogens is 276 g/mol. The summed E-state index contributed by atoms with van der Waals surface area (Å²) in [5.74, 6) is 5.99. The molecule has 0 spiro atoms. The summed E-state index contributed by atoms with van der Waals surface area (Å²) in [5, 5.41) is 8.22. The number of hydrazine groups is 1. The Morgan fingerprint density at radius 2 is 2.05 bits per heavy atom. The molecule has 1 rings (SSSR count). The number of sulfone groups is 1. The normalized spacial score (nSPS) is 13.4. The molecule has 0 aliphatic carbocycles. The van der Waals surface area contributed by atoms with Crippen LogP contribution in [0, 0.1) is 6.92 Å². The summed E-state index contributed by atoms with van der Waals surface area (Å²) in [6, 6.07) is 1.87. The largest absolute Gasteiger partial charge is 0.271 e. The van der Waals surface area contributed by atoms with Crippen molar-refractivity contribution < 1.29 is 8.42 Å². The summed E-state index contributed by atoms with van der Waals surface area (Å²) in [7, 11) is -2.93. The Balaban J connectivity index is 2.78. The van der Waals surface area contributed by atoms with Crippen LogP contribution in [0.1, 0.15) is 49.7 Å². The Morgan fingerprint density at radius 3 is 2.60 bits per heavy atom. The summed E-state index contributed by atoms with van der Waals surface area (Å²) in [6.07, 6.45) is 2.01. The SMILES string of the molecule is CCc1nnc(C)cc1C(CCCS(=O)(=O)CC)NN. The van der Waals surface area contributed by atoms with Crippen LogP contribution in [0.15, 0.2) is 6.07 Å². The first-order valence-electron chi connectivity index (χ1n) is 6.93. The van der Waals surface area contributed by atoms with Gasteiger partial charge in [-0.05, 0) is 37.8 Å². The van der Waals surface area contributed by atoms with Gasteiger partial charge in [-0.2, -0.15) is 10.2 Å². The lowest BCUT2D eigenvalue weighted by molar-refractivity contribution is 0.500. The smallest absolute Gasteiger partial charge is 0.150 e. The third-order valence-corrected chi connectivity index (χ3v) is 5.12. The van der Waals surface area contributed by atoms with Crippen molar-refractivity contribution in [3.05, 3.63) is 23.0 Å². The molecule has 1 aromatic heterocycles. The van der Waals surface area contributed by atoms with Gasteiger partial charge in [0.15, 0.2) is 0 Å². The molecule has 1 heterocycles. The van der Waals surface area contributed by atoms with Crippen LogP contribution in [-0.4, -0.2) is 30.1 Å². The van der Waals surface area contributed by atoms with E-state index in [9.17, 15) is 8.42 Å². The summed E-state index contributed by atoms with van der Waals surface area (Å²) in [5.41, 5.74) is 5.50. The summed E-state index contributed by atoms with van der Waals surface area (Å²) < 4.78 is 23.0. The van der Waals surface area contributed by atoms with Gasteiger partial charge in [0.05, 0.1) is 17.1 Å². The van der Waals surface area contributed by atoms with Gasteiger partial charge in [-0.15, -0.1) is 0 Å². The highest BCUT2D eigenvalue weighted by Crippen LogP contribution is 2.21. The van der Waals surface area contributed by atoms with Crippen LogP contribution in [0.2, 0.25) is 0 Å². The lowest BCUT2D eigenvalue weighted by Gasteiger charge is -2.18. The van der Waals surface area contributed by atoms with E-state index in [1.807, 2.05) is 19.9 Å². The number of nitrogens with zero attached hydrogens (tertiary/aromatic N) is 2. The first-order valence-corrected chi connectivity index (χ1v) is 8.75. The standard InChI is InChI=1S/C13H24N4O2S/c1-4-12-11(9-10(3)16-17-12)13(15-14)7-6-8-20(18,19)5-2/h9,13,15H,4-8,14H2,1-3H3. The number of nitrogens with one attached hydrogen (secondary N) is 1. The maximum Gasteiger partial charge on any atom is 0.150 e. The van der Waals surface area contributed by atoms with Crippen molar-refractivity contribution in [3.8, 4) is 0 Å². The Labute approximate surface area is 121 Å². The molecule has 7 heteroatoms. The van der Waals surface area contributed by atoms with Gasteiger partial charge in [0, 0.05) is 11.8 Å². The van der Waals surface area contributed by atoms with E-state index in [0.717, 1.165) is 23.4 Å². The number of rotatable bonds is 8. The molecule has 0 aliphatic heterocycles. The van der Waals surface area contributed by atoms with Crippen LogP contribution >= 0.6 is 0 Å². The van der Waals surface area contributed by atoms with Gasteiger partial charge >= 0.3 is 0 Å². The highest BCUT2D eigenvalue weighted by atomic mass is 32.2. The lowest BCUT2D eigenvalue weighted by Crippen LogP contribution is -2.29. The molecule has 0 bridgehead atoms. The Kier molecular flexibility index (Phi) is 6.51. The van der Waals surface area contributed by atoms with Crippen LogP contribution < -0.4 is 11.3 Å². The summed E-state index contributed by atoms with van der Waals surface area (Å²) in [6.45, 7) is 5.56. The number of aromatic nitrogens is 2. The lowest BCUT2D eigenvalue weighted by atomic mass is 10.00. The minimum Gasteiger partial charge on any atom is -0.271 e. The van der Waals surface area contributed by atoms with Gasteiger partial charge in [0.2, 0.25) is 0 Å². The molecular formula is C13H24N4O2S. The monoisotopic (exact) mass is 300 g/mol. The zero-order valence-corrected chi connectivity index (χ0v) is 13.2. The number of hydrogen-bond donors (Lipinski definition) is 2. The van der Waals surface area contributed by atoms with Gasteiger partial charge in [0.1, 0.15) is 9.84 Å². The first-order chi connectivity index (χ1) is 9.43. The molecule has 6 nitrogen and oxygen atoms in total. The molecule has 0 aromatic carbocycles. The minimum absolute atomic E-state index is 0.0915. The van der Waals surface area contributed by atoms with E-state index >= 15 is 0 Å². The third-order valence-electron chi connectivity index (χ3n) is 3.33. The fourth-order valence-corrected chi connectivity index (χ4v) is 2.99. The van der Waals surface area contributed by atoms with E-state index in [-0.39, 0.29) is 17.5 Å². The first kappa shape index (κ1) is 17.0. The number of hydrogen-bond acceptors (Lipinski definition) is 6. The molecule has 0 saturated carbocycles. The van der Waals surface area contributed by atoms with Crippen molar-refractivity contribution in [2.24, 2.45) is 5.84 Å². The van der Waals surface area contributed by atoms with Crippen LogP contribution in [0.3, 0.4) is 0 Å². The third kappa shape index (κ3) is 4.81. The average Bonchev–Trinajstić information content (AvgIpc) is 2.43. The molecule has 0 aliphatic rings. The minimum atomic E-state index is -2.93. The van der Waals surface area contributed by atoms with E-state index < -0.39 is 9.84 Å². The predicted molar refractivity (Wildman–Crippen MR) is 79.8 cm³/mol. The highest BCUT2D eigenvalue weighted by Gasteiger charge is 2.16. The van der Waals surface area contributed by atoms with Gasteiger partial charge in [-0.25, -0.2) is 8.42 Å². The zero-order chi connectivity index (χ0) is 15.2. The Bertz CT molecular complexity index is 531. The topological polar surface area (TPSA) is 98.0 Å². The predicted octanol–water partition coefficient (Wildman–Crippen LogP) is 1.07. The fourth-order valence-electron chi connectivity index (χ4n) is 2.09. The summed E-state index contributed by atoms with van der Waals surface area (Å²) >= 11 is 0. The van der Waals surface area contributed by atoms with Crippen molar-refractivity contribution in [1.29, 1.82) is 0 Å². The zero-order valence-electron chi connectivity index (χ0n) is 12.4. The Morgan fingerprint density at radius 1 is 1.35 bits per heavy atom. The molecule has 3 N–H and O–H groups in total. The van der Waals surface area contributed by atoms with Crippen LogP contribution in [-0.2, 0) is 16.3 Å². The van der Waals surface area contributed by atoms with E-state index in [0.29, 0.717) is 12.8 Å². The van der Waals surface area contributed by atoms with Crippen LogP contribution in [0.25, 0.3) is 0 Å². The van der Waals surface area contributed by atoms with E-state index in [1.165, 1.54) is 0 Å². The number of nitrogens with two attached hydrogens (primary N) is 1. The second-order valence-corrected chi connectivity index (χ2v) is 7.31. The molecule has 0 saturated heterocycles. The molecule has 20 heavy (non-hydrogen) atoms. The molecule has 1 aromatic rings. The molecule has 0 radical (unpaired) electrons. The maximum absolute atomic E-state index is 11.5. The van der Waals surface area contributed by atoms with Crippen LogP contribution in [0.5, 0.6) is 0 Å². The van der Waals surface area contributed by atoms with Crippen molar-refractivity contribution in [3.63, 3.8) is 0 Å². The van der Waals surface area contributed by atoms with Crippen molar-refractivity contribution in [1.82, 2.24) is 15.6 Å². The number of aryl methyl sites for hydroxylation is 2. The van der Waals surface area contributed by atoms with E-state index in [1.54, 1.807) is 6.92 Å². The summed E-state index contributed by atoms with van der Waals surface area (Å²) in [4.78, 5) is 0. The van der Waals surface area contributed by atoms with Crippen LogP contribution in [0.4, 0.5) is 0 Å². The maximum atomic E-state index is 11.5. The van der Waals surface area contributed by atoms with Gasteiger partial charge in [-0.1, -0.05) is 13.8 Å². The molecule has 1 atom stereocenters. The van der Waals surface area contributed by atoms with Gasteiger partial charge in [-0.3, -0.25) is 11.3 Å². The highest BCUT2D eigenvalue weighted by molar-refractivity contribution is 7.91. The van der Waals surface area contributed by atoms with Gasteiger partial charge in [0.25, 0.3) is 0 Å². The van der Waals surface area contributed by atoms with Crippen molar-refractivity contribution in [2.75, 3.05) is 11.5 Å². The Hall–Kier alpha value is -1.05.